The minimum Gasteiger partial charge on any atom is -0.378 e. The topological polar surface area (TPSA) is 32.8 Å². The minimum absolute atomic E-state index is 0.240. The van der Waals surface area contributed by atoms with Crippen molar-refractivity contribution < 1.29 is 9.53 Å². The summed E-state index contributed by atoms with van der Waals surface area (Å²) in [5.74, 6) is 0.240. The first kappa shape index (κ1) is 13.9. The maximum absolute atomic E-state index is 11.8. The molecule has 5 heteroatoms. The number of nitrogens with zero attached hydrogens (tertiary/aromatic N) is 2. The summed E-state index contributed by atoms with van der Waals surface area (Å²) >= 11 is 3.52. The maximum Gasteiger partial charge on any atom is 0.224 e. The highest BCUT2D eigenvalue weighted by Crippen LogP contribution is 2.22. The third-order valence-electron chi connectivity index (χ3n) is 3.85. The number of rotatable bonds is 3. The summed E-state index contributed by atoms with van der Waals surface area (Å²) in [7, 11) is 0. The van der Waals surface area contributed by atoms with Crippen molar-refractivity contribution in [3.05, 3.63) is 29.8 Å². The van der Waals surface area contributed by atoms with E-state index in [9.17, 15) is 4.79 Å². The molecule has 0 bridgehead atoms. The lowest BCUT2D eigenvalue weighted by molar-refractivity contribution is -0.128. The van der Waals surface area contributed by atoms with Crippen molar-refractivity contribution in [2.24, 2.45) is 0 Å². The molecular formula is C15H19BrN2O2. The molecule has 2 heterocycles. The van der Waals surface area contributed by atoms with Crippen molar-refractivity contribution in [3.63, 3.8) is 0 Å². The van der Waals surface area contributed by atoms with Crippen LogP contribution in [0, 0.1) is 0 Å². The second-order valence-corrected chi connectivity index (χ2v) is 6.64. The summed E-state index contributed by atoms with van der Waals surface area (Å²) in [5, 5.41) is 0. The molecule has 1 aromatic rings. The number of carbonyl (C=O) groups is 1. The Labute approximate surface area is 127 Å². The van der Waals surface area contributed by atoms with Gasteiger partial charge in [0.25, 0.3) is 0 Å². The molecule has 4 nitrogen and oxygen atoms in total. The van der Waals surface area contributed by atoms with Gasteiger partial charge >= 0.3 is 0 Å². The molecule has 1 aromatic carbocycles. The Balaban J connectivity index is 1.62. The van der Waals surface area contributed by atoms with Gasteiger partial charge in [-0.2, -0.15) is 0 Å². The average Bonchev–Trinajstić information content (AvgIpc) is 2.79. The Morgan fingerprint density at radius 2 is 1.90 bits per heavy atom. The minimum atomic E-state index is 0.240. The van der Waals surface area contributed by atoms with Crippen molar-refractivity contribution >= 4 is 27.5 Å². The van der Waals surface area contributed by atoms with Crippen LogP contribution < -0.4 is 4.90 Å². The molecule has 0 spiro atoms. The number of likely N-dealkylation sites (tertiary alicyclic amines) is 1. The highest BCUT2D eigenvalue weighted by atomic mass is 79.9. The summed E-state index contributed by atoms with van der Waals surface area (Å²) < 4.78 is 5.37. The van der Waals surface area contributed by atoms with Crippen LogP contribution in [0.5, 0.6) is 0 Å². The van der Waals surface area contributed by atoms with E-state index in [2.05, 4.69) is 45.1 Å². The van der Waals surface area contributed by atoms with E-state index < -0.39 is 0 Å². The predicted octanol–water partition coefficient (Wildman–Crippen LogP) is 2.02. The van der Waals surface area contributed by atoms with Crippen molar-refractivity contribution in [2.75, 3.05) is 37.7 Å². The van der Waals surface area contributed by atoms with Crippen LogP contribution in [0.25, 0.3) is 0 Å². The average molecular weight is 339 g/mol. The summed E-state index contributed by atoms with van der Waals surface area (Å²) in [5.41, 5.74) is 2.43. The fraction of sp³-hybridized carbons (Fsp3) is 0.533. The number of alkyl halides is 1. The van der Waals surface area contributed by atoms with Crippen LogP contribution >= 0.6 is 15.9 Å². The lowest BCUT2D eigenvalue weighted by Gasteiger charge is -2.29. The van der Waals surface area contributed by atoms with Gasteiger partial charge in [-0.25, -0.2) is 0 Å². The van der Waals surface area contributed by atoms with Gasteiger partial charge in [0, 0.05) is 43.1 Å². The molecule has 0 aliphatic carbocycles. The molecule has 2 aliphatic rings. The van der Waals surface area contributed by atoms with Crippen LogP contribution in [0.4, 0.5) is 5.69 Å². The molecule has 0 saturated carbocycles. The third kappa shape index (κ3) is 3.15. The lowest BCUT2D eigenvalue weighted by Crippen LogP contribution is -2.36. The van der Waals surface area contributed by atoms with Gasteiger partial charge in [-0.3, -0.25) is 4.79 Å². The monoisotopic (exact) mass is 338 g/mol. The van der Waals surface area contributed by atoms with Gasteiger partial charge in [0.15, 0.2) is 0 Å². The smallest absolute Gasteiger partial charge is 0.224 e. The molecule has 2 fully saturated rings. The Kier molecular flexibility index (Phi) is 4.27. The Morgan fingerprint density at radius 1 is 1.20 bits per heavy atom. The number of ether oxygens (including phenoxy) is 1. The van der Waals surface area contributed by atoms with Gasteiger partial charge in [0.2, 0.25) is 5.91 Å². The SMILES string of the molecule is O=C1CC(Br)CN1Cc1ccc(N2CCOCC2)cc1. The molecule has 0 N–H and O–H groups in total. The van der Waals surface area contributed by atoms with E-state index >= 15 is 0 Å². The molecule has 2 aliphatic heterocycles. The van der Waals surface area contributed by atoms with Crippen LogP contribution in [-0.4, -0.2) is 48.5 Å². The van der Waals surface area contributed by atoms with Crippen molar-refractivity contribution in [1.29, 1.82) is 0 Å². The number of hydrogen-bond acceptors (Lipinski definition) is 3. The summed E-state index contributed by atoms with van der Waals surface area (Å²) in [6, 6.07) is 8.54. The Bertz CT molecular complexity index is 471. The zero-order valence-electron chi connectivity index (χ0n) is 11.4. The molecule has 2 saturated heterocycles. The van der Waals surface area contributed by atoms with Crippen LogP contribution in [0.15, 0.2) is 24.3 Å². The van der Waals surface area contributed by atoms with Gasteiger partial charge in [-0.05, 0) is 17.7 Å². The van der Waals surface area contributed by atoms with Crippen LogP contribution in [0.3, 0.4) is 0 Å². The van der Waals surface area contributed by atoms with Crippen molar-refractivity contribution in [2.45, 2.75) is 17.8 Å². The standard InChI is InChI=1S/C15H19BrN2O2/c16-13-9-15(19)18(11-13)10-12-1-3-14(4-2-12)17-5-7-20-8-6-17/h1-4,13H,5-11H2. The van der Waals surface area contributed by atoms with E-state index in [1.54, 1.807) is 0 Å². The third-order valence-corrected chi connectivity index (χ3v) is 4.47. The quantitative estimate of drug-likeness (QED) is 0.790. The fourth-order valence-electron chi connectivity index (χ4n) is 2.73. The largest absolute Gasteiger partial charge is 0.378 e. The predicted molar refractivity (Wildman–Crippen MR) is 82.2 cm³/mol. The molecule has 108 valence electrons. The van der Waals surface area contributed by atoms with E-state index in [0.717, 1.165) is 32.8 Å². The fourth-order valence-corrected chi connectivity index (χ4v) is 3.36. The van der Waals surface area contributed by atoms with Crippen molar-refractivity contribution in [3.8, 4) is 0 Å². The number of hydrogen-bond donors (Lipinski definition) is 0. The van der Waals surface area contributed by atoms with Gasteiger partial charge < -0.3 is 14.5 Å². The van der Waals surface area contributed by atoms with Crippen molar-refractivity contribution in [1.82, 2.24) is 4.90 Å². The van der Waals surface area contributed by atoms with E-state index in [-0.39, 0.29) is 5.91 Å². The Hall–Kier alpha value is -1.07. The maximum atomic E-state index is 11.8. The normalized spacial score (nSPS) is 23.4. The van der Waals surface area contributed by atoms with E-state index in [4.69, 9.17) is 4.74 Å². The molecule has 1 atom stereocenters. The van der Waals surface area contributed by atoms with Crippen LogP contribution in [-0.2, 0) is 16.1 Å². The van der Waals surface area contributed by atoms with Crippen LogP contribution in [0.2, 0.25) is 0 Å². The molecule has 0 radical (unpaired) electrons. The van der Waals surface area contributed by atoms with E-state index in [1.165, 1.54) is 11.3 Å². The molecule has 1 amide bonds. The molecular weight excluding hydrogens is 320 g/mol. The summed E-state index contributed by atoms with van der Waals surface area (Å²) in [4.78, 5) is 16.3. The van der Waals surface area contributed by atoms with Gasteiger partial charge in [0.1, 0.15) is 0 Å². The number of halogens is 1. The number of amides is 1. The summed E-state index contributed by atoms with van der Waals surface area (Å²) in [6.45, 7) is 5.03. The van der Waals surface area contributed by atoms with Gasteiger partial charge in [-0.1, -0.05) is 28.1 Å². The first-order chi connectivity index (χ1) is 9.72. The number of anilines is 1. The van der Waals surface area contributed by atoms with E-state index in [0.29, 0.717) is 17.8 Å². The number of benzene rings is 1. The molecule has 1 unspecified atom stereocenters. The lowest BCUT2D eigenvalue weighted by atomic mass is 10.2. The van der Waals surface area contributed by atoms with Gasteiger partial charge in [-0.15, -0.1) is 0 Å². The first-order valence-electron chi connectivity index (χ1n) is 7.06. The van der Waals surface area contributed by atoms with Crippen LogP contribution in [0.1, 0.15) is 12.0 Å². The molecule has 20 heavy (non-hydrogen) atoms. The molecule has 3 rings (SSSR count). The van der Waals surface area contributed by atoms with E-state index in [1.807, 2.05) is 4.90 Å². The zero-order chi connectivity index (χ0) is 13.9. The van der Waals surface area contributed by atoms with Gasteiger partial charge in [0.05, 0.1) is 13.2 Å². The Morgan fingerprint density at radius 3 is 2.50 bits per heavy atom. The second kappa shape index (κ2) is 6.14. The zero-order valence-corrected chi connectivity index (χ0v) is 13.0. The summed E-state index contributed by atoms with van der Waals surface area (Å²) in [6.07, 6.45) is 0.617. The number of carbonyl (C=O) groups excluding carboxylic acids is 1. The first-order valence-corrected chi connectivity index (χ1v) is 7.97. The highest BCUT2D eigenvalue weighted by Gasteiger charge is 2.27. The molecule has 0 aromatic heterocycles. The second-order valence-electron chi connectivity index (χ2n) is 5.34. The number of morpholine rings is 1. The highest BCUT2D eigenvalue weighted by molar-refractivity contribution is 9.09.